The Morgan fingerprint density at radius 1 is 1.16 bits per heavy atom. The van der Waals surface area contributed by atoms with E-state index in [1.54, 1.807) is 19.1 Å². The monoisotopic (exact) mass is 405 g/mol. The summed E-state index contributed by atoms with van der Waals surface area (Å²) in [7, 11) is 2.93. The molecule has 8 nitrogen and oxygen atoms in total. The molecule has 0 aliphatic rings. The van der Waals surface area contributed by atoms with Crippen molar-refractivity contribution in [3.8, 4) is 0 Å². The molecule has 0 fully saturated rings. The average Bonchev–Trinajstić information content (AvgIpc) is 3.04. The Morgan fingerprint density at radius 3 is 2.44 bits per heavy atom. The van der Waals surface area contributed by atoms with E-state index in [9.17, 15) is 14.4 Å². The van der Waals surface area contributed by atoms with Gasteiger partial charge in [0.15, 0.2) is 11.2 Å². The van der Waals surface area contributed by atoms with Gasteiger partial charge >= 0.3 is 5.69 Å². The fraction of sp³-hybridized carbons (Fsp3) is 0.250. The first-order valence-corrected chi connectivity index (χ1v) is 8.29. The summed E-state index contributed by atoms with van der Waals surface area (Å²) in [5, 5.41) is 2.80. The summed E-state index contributed by atoms with van der Waals surface area (Å²) in [4.78, 5) is 41.1. The van der Waals surface area contributed by atoms with E-state index >= 15 is 0 Å². The summed E-state index contributed by atoms with van der Waals surface area (Å²) >= 11 is 3.34. The van der Waals surface area contributed by atoms with Crippen LogP contribution in [0.1, 0.15) is 13.0 Å². The number of anilines is 1. The second kappa shape index (κ2) is 6.32. The molecular formula is C16H16BrN5O3. The Hall–Kier alpha value is -2.68. The summed E-state index contributed by atoms with van der Waals surface area (Å²) in [6, 6.07) is 6.49. The van der Waals surface area contributed by atoms with Crippen LogP contribution in [-0.4, -0.2) is 24.6 Å². The number of aryl methyl sites for hydroxylation is 1. The fourth-order valence-corrected chi connectivity index (χ4v) is 2.83. The normalized spacial score (nSPS) is 12.3. The maximum absolute atomic E-state index is 12.5. The van der Waals surface area contributed by atoms with Crippen LogP contribution in [0.5, 0.6) is 0 Å². The van der Waals surface area contributed by atoms with Crippen molar-refractivity contribution in [3.63, 3.8) is 0 Å². The first-order chi connectivity index (χ1) is 11.8. The second-order valence-corrected chi connectivity index (χ2v) is 6.62. The summed E-state index contributed by atoms with van der Waals surface area (Å²) in [6.07, 6.45) is 1.40. The zero-order chi connectivity index (χ0) is 18.3. The lowest BCUT2D eigenvalue weighted by Gasteiger charge is -2.15. The van der Waals surface area contributed by atoms with E-state index in [4.69, 9.17) is 0 Å². The van der Waals surface area contributed by atoms with Gasteiger partial charge in [-0.2, -0.15) is 0 Å². The molecule has 0 aliphatic heterocycles. The topological polar surface area (TPSA) is 90.9 Å². The quantitative estimate of drug-likeness (QED) is 0.712. The molecule has 0 aliphatic carbocycles. The Bertz CT molecular complexity index is 1080. The number of carbonyl (C=O) groups is 1. The highest BCUT2D eigenvalue weighted by molar-refractivity contribution is 9.10. The smallest absolute Gasteiger partial charge is 0.324 e. The van der Waals surface area contributed by atoms with Crippen LogP contribution in [-0.2, 0) is 18.9 Å². The molecule has 3 aromatic rings. The molecular weight excluding hydrogens is 390 g/mol. The minimum absolute atomic E-state index is 0.211. The van der Waals surface area contributed by atoms with Gasteiger partial charge in [-0.25, -0.2) is 9.78 Å². The molecule has 0 unspecified atom stereocenters. The Morgan fingerprint density at radius 2 is 1.80 bits per heavy atom. The first kappa shape index (κ1) is 17.2. The van der Waals surface area contributed by atoms with Crippen molar-refractivity contribution in [2.75, 3.05) is 5.32 Å². The maximum atomic E-state index is 12.5. The van der Waals surface area contributed by atoms with Crippen LogP contribution in [0.3, 0.4) is 0 Å². The van der Waals surface area contributed by atoms with Crippen molar-refractivity contribution in [1.29, 1.82) is 0 Å². The molecule has 1 aromatic carbocycles. The van der Waals surface area contributed by atoms with Crippen LogP contribution >= 0.6 is 15.9 Å². The highest BCUT2D eigenvalue weighted by Crippen LogP contribution is 2.18. The largest absolute Gasteiger partial charge is 0.332 e. The third kappa shape index (κ3) is 2.91. The number of hydrogen-bond acceptors (Lipinski definition) is 4. The van der Waals surface area contributed by atoms with Gasteiger partial charge in [0.05, 0.1) is 6.33 Å². The maximum Gasteiger partial charge on any atom is 0.332 e. The van der Waals surface area contributed by atoms with E-state index in [1.165, 1.54) is 29.6 Å². The molecule has 130 valence electrons. The number of fused-ring (bicyclic) bond motifs is 1. The molecule has 1 atom stereocenters. The highest BCUT2D eigenvalue weighted by atomic mass is 79.9. The number of nitrogens with zero attached hydrogens (tertiary/aromatic N) is 4. The van der Waals surface area contributed by atoms with Crippen LogP contribution in [0.15, 0.2) is 44.7 Å². The highest BCUT2D eigenvalue weighted by Gasteiger charge is 2.21. The van der Waals surface area contributed by atoms with Crippen LogP contribution in [0, 0.1) is 0 Å². The van der Waals surface area contributed by atoms with Crippen molar-refractivity contribution in [2.45, 2.75) is 13.0 Å². The fourth-order valence-electron chi connectivity index (χ4n) is 2.56. The molecule has 1 N–H and O–H groups in total. The number of imidazole rings is 1. The zero-order valence-corrected chi connectivity index (χ0v) is 15.4. The van der Waals surface area contributed by atoms with Crippen molar-refractivity contribution in [1.82, 2.24) is 18.7 Å². The van der Waals surface area contributed by atoms with Gasteiger partial charge in [-0.3, -0.25) is 18.7 Å². The van der Waals surface area contributed by atoms with Crippen LogP contribution < -0.4 is 16.6 Å². The number of nitrogens with one attached hydrogen (secondary N) is 1. The summed E-state index contributed by atoms with van der Waals surface area (Å²) in [5.74, 6) is -0.294. The molecule has 0 radical (unpaired) electrons. The third-order valence-corrected chi connectivity index (χ3v) is 4.61. The number of hydrogen-bond donors (Lipinski definition) is 1. The standard InChI is InChI=1S/C16H16BrN5O3/c1-9(14(23)19-11-6-4-10(17)5-7-11)22-8-18-13-12(22)15(24)21(3)16(25)20(13)2/h4-9H,1-3H3,(H,19,23)/t9-/m1/s1. The van der Waals surface area contributed by atoms with Gasteiger partial charge in [0.25, 0.3) is 5.56 Å². The van der Waals surface area contributed by atoms with Gasteiger partial charge in [0, 0.05) is 24.3 Å². The van der Waals surface area contributed by atoms with Crippen molar-refractivity contribution < 1.29 is 4.79 Å². The van der Waals surface area contributed by atoms with Gasteiger partial charge in [-0.1, -0.05) is 15.9 Å². The summed E-state index contributed by atoms with van der Waals surface area (Å²) < 4.78 is 4.67. The molecule has 9 heteroatoms. The van der Waals surface area contributed by atoms with Gasteiger partial charge in [0.1, 0.15) is 6.04 Å². The first-order valence-electron chi connectivity index (χ1n) is 7.50. The lowest BCUT2D eigenvalue weighted by atomic mass is 10.2. The van der Waals surface area contributed by atoms with Gasteiger partial charge in [0.2, 0.25) is 5.91 Å². The molecule has 2 heterocycles. The van der Waals surface area contributed by atoms with Crippen LogP contribution in [0.25, 0.3) is 11.2 Å². The predicted octanol–water partition coefficient (Wildman–Crippen LogP) is 1.40. The van der Waals surface area contributed by atoms with E-state index < -0.39 is 17.3 Å². The molecule has 2 aromatic heterocycles. The summed E-state index contributed by atoms with van der Waals surface area (Å²) in [6.45, 7) is 1.67. The molecule has 0 bridgehead atoms. The van der Waals surface area contributed by atoms with E-state index in [2.05, 4.69) is 26.2 Å². The summed E-state index contributed by atoms with van der Waals surface area (Å²) in [5.41, 5.74) is 0.151. The van der Waals surface area contributed by atoms with E-state index in [0.29, 0.717) is 5.69 Å². The van der Waals surface area contributed by atoms with Crippen molar-refractivity contribution in [2.24, 2.45) is 14.1 Å². The number of halogens is 1. The second-order valence-electron chi connectivity index (χ2n) is 5.70. The number of carbonyl (C=O) groups excluding carboxylic acids is 1. The van der Waals surface area contributed by atoms with Gasteiger partial charge in [-0.05, 0) is 31.2 Å². The molecule has 0 spiro atoms. The lowest BCUT2D eigenvalue weighted by molar-refractivity contribution is -0.118. The van der Waals surface area contributed by atoms with Crippen LogP contribution in [0.2, 0.25) is 0 Å². The third-order valence-electron chi connectivity index (χ3n) is 4.08. The minimum Gasteiger partial charge on any atom is -0.324 e. The Balaban J connectivity index is 2.01. The predicted molar refractivity (Wildman–Crippen MR) is 97.7 cm³/mol. The number of aromatic nitrogens is 4. The molecule has 0 saturated carbocycles. The van der Waals surface area contributed by atoms with Crippen LogP contribution in [0.4, 0.5) is 5.69 Å². The van der Waals surface area contributed by atoms with E-state index in [-0.39, 0.29) is 17.1 Å². The number of benzene rings is 1. The average molecular weight is 406 g/mol. The van der Waals surface area contributed by atoms with Crippen molar-refractivity contribution in [3.05, 3.63) is 55.9 Å². The Kier molecular flexibility index (Phi) is 4.34. The molecule has 3 rings (SSSR count). The number of rotatable bonds is 3. The zero-order valence-electron chi connectivity index (χ0n) is 13.9. The minimum atomic E-state index is -0.682. The Labute approximate surface area is 150 Å². The number of amides is 1. The van der Waals surface area contributed by atoms with E-state index in [1.807, 2.05) is 12.1 Å². The van der Waals surface area contributed by atoms with Gasteiger partial charge < -0.3 is 9.88 Å². The van der Waals surface area contributed by atoms with Gasteiger partial charge in [-0.15, -0.1) is 0 Å². The molecule has 1 amide bonds. The van der Waals surface area contributed by atoms with Crippen molar-refractivity contribution >= 4 is 38.7 Å². The lowest BCUT2D eigenvalue weighted by Crippen LogP contribution is -2.38. The van der Waals surface area contributed by atoms with E-state index in [0.717, 1.165) is 9.04 Å². The molecule has 25 heavy (non-hydrogen) atoms. The SMILES string of the molecule is C[C@H](C(=O)Nc1ccc(Br)cc1)n1cnc2c1c(=O)n(C)c(=O)n2C. The molecule has 0 saturated heterocycles.